The van der Waals surface area contributed by atoms with Crippen LogP contribution in [0.4, 0.5) is 4.39 Å². The molecule has 0 aliphatic carbocycles. The molecule has 0 unspecified atom stereocenters. The van der Waals surface area contributed by atoms with Gasteiger partial charge in [0.05, 0.1) is 30.7 Å². The van der Waals surface area contributed by atoms with E-state index in [1.54, 1.807) is 12.1 Å². The third kappa shape index (κ3) is 9.14. The first-order chi connectivity index (χ1) is 21.4. The molecule has 0 radical (unpaired) electrons. The normalized spacial score (nSPS) is 10.8. The molecule has 3 rings (SSSR count). The molecule has 16 heteroatoms. The fraction of sp³-hybridized carbons (Fsp3) is 0.241. The van der Waals surface area contributed by atoms with Crippen LogP contribution in [0.15, 0.2) is 65.7 Å². The molecule has 0 aliphatic rings. The molecule has 2 aromatic carbocycles. The SMILES string of the molecule is CCOC(=O)CN(C(=O)CN)C(=O)c1ncc(C(=O)NS(=O)(=O)c2ccc(C(=O)NCCc3ccc(F)cc3)cc2)cc1OC. The number of nitrogens with zero attached hydrogens (tertiary/aromatic N) is 2. The maximum atomic E-state index is 13.0. The molecule has 1 heterocycles. The van der Waals surface area contributed by atoms with Gasteiger partial charge >= 0.3 is 5.97 Å². The highest BCUT2D eigenvalue weighted by atomic mass is 32.2. The lowest BCUT2D eigenvalue weighted by molar-refractivity contribution is -0.147. The number of nitrogens with two attached hydrogens (primary N) is 1. The fourth-order valence-electron chi connectivity index (χ4n) is 3.83. The van der Waals surface area contributed by atoms with Crippen molar-refractivity contribution in [1.29, 1.82) is 0 Å². The van der Waals surface area contributed by atoms with Gasteiger partial charge in [-0.1, -0.05) is 12.1 Å². The zero-order chi connectivity index (χ0) is 33.1. The third-order valence-electron chi connectivity index (χ3n) is 6.12. The number of esters is 1. The number of rotatable bonds is 13. The highest BCUT2D eigenvalue weighted by molar-refractivity contribution is 7.90. The average Bonchev–Trinajstić information content (AvgIpc) is 3.03. The van der Waals surface area contributed by atoms with E-state index in [1.165, 1.54) is 31.2 Å². The molecular formula is C29H30FN5O9S. The summed E-state index contributed by atoms with van der Waals surface area (Å²) in [5, 5.41) is 2.68. The van der Waals surface area contributed by atoms with Crippen LogP contribution in [0, 0.1) is 5.82 Å². The first-order valence-electron chi connectivity index (χ1n) is 13.3. The van der Waals surface area contributed by atoms with E-state index in [0.717, 1.165) is 37.1 Å². The molecule has 238 valence electrons. The number of carbonyl (C=O) groups is 5. The Bertz CT molecular complexity index is 1680. The summed E-state index contributed by atoms with van der Waals surface area (Å²) in [7, 11) is -3.27. The second-order valence-electron chi connectivity index (χ2n) is 9.16. The number of sulfonamides is 1. The number of benzene rings is 2. The number of halogens is 1. The fourth-order valence-corrected chi connectivity index (χ4v) is 4.80. The van der Waals surface area contributed by atoms with Gasteiger partial charge in [-0.3, -0.25) is 28.9 Å². The number of aromatic nitrogens is 1. The summed E-state index contributed by atoms with van der Waals surface area (Å²) in [6, 6.07) is 11.7. The Kier molecular flexibility index (Phi) is 11.8. The second-order valence-corrected chi connectivity index (χ2v) is 10.8. The van der Waals surface area contributed by atoms with Crippen molar-refractivity contribution in [2.45, 2.75) is 18.2 Å². The number of ether oxygens (including phenoxy) is 2. The van der Waals surface area contributed by atoms with E-state index in [-0.39, 0.29) is 40.7 Å². The van der Waals surface area contributed by atoms with Gasteiger partial charge in [0.15, 0.2) is 11.4 Å². The monoisotopic (exact) mass is 643 g/mol. The van der Waals surface area contributed by atoms with Crippen LogP contribution in [-0.4, -0.2) is 81.3 Å². The van der Waals surface area contributed by atoms with Crippen LogP contribution in [0.5, 0.6) is 5.75 Å². The van der Waals surface area contributed by atoms with Crippen molar-refractivity contribution in [2.24, 2.45) is 5.73 Å². The van der Waals surface area contributed by atoms with E-state index in [2.05, 4.69) is 10.3 Å². The van der Waals surface area contributed by atoms with Crippen molar-refractivity contribution in [3.63, 3.8) is 0 Å². The van der Waals surface area contributed by atoms with Gasteiger partial charge in [0, 0.05) is 18.3 Å². The number of pyridine rings is 1. The van der Waals surface area contributed by atoms with Gasteiger partial charge in [0.1, 0.15) is 12.4 Å². The van der Waals surface area contributed by atoms with Gasteiger partial charge in [0.25, 0.3) is 27.7 Å². The summed E-state index contributed by atoms with van der Waals surface area (Å²) in [5.74, 6) is -5.08. The zero-order valence-electron chi connectivity index (χ0n) is 24.2. The highest BCUT2D eigenvalue weighted by Crippen LogP contribution is 2.21. The molecule has 1 aromatic heterocycles. The van der Waals surface area contributed by atoms with Crippen molar-refractivity contribution < 1.29 is 46.3 Å². The first kappa shape index (κ1) is 34.3. The number of hydrogen-bond acceptors (Lipinski definition) is 11. The van der Waals surface area contributed by atoms with Gasteiger partial charge in [-0.2, -0.15) is 0 Å². The van der Waals surface area contributed by atoms with Gasteiger partial charge in [-0.25, -0.2) is 22.5 Å². The summed E-state index contributed by atoms with van der Waals surface area (Å²) in [6.07, 6.45) is 1.34. The molecule has 0 saturated carbocycles. The molecule has 0 bridgehead atoms. The molecular weight excluding hydrogens is 613 g/mol. The quantitative estimate of drug-likeness (QED) is 0.222. The standard InChI is InChI=1S/C29H30FN5O9S/c1-3-44-25(37)17-35(24(36)15-31)29(40)26-23(43-2)14-20(16-33-26)28(39)34-45(41,42)22-10-6-19(7-11-22)27(38)32-13-12-18-4-8-21(30)9-5-18/h4-11,14,16H,3,12-13,15,17,31H2,1-2H3,(H,32,38)(H,34,39). The average molecular weight is 644 g/mol. The van der Waals surface area contributed by atoms with E-state index in [0.29, 0.717) is 11.3 Å². The number of carbonyl (C=O) groups excluding carboxylic acids is 5. The van der Waals surface area contributed by atoms with Crippen molar-refractivity contribution in [3.05, 3.63) is 89.0 Å². The smallest absolute Gasteiger partial charge is 0.326 e. The summed E-state index contributed by atoms with van der Waals surface area (Å²) < 4.78 is 50.5. The molecule has 0 spiro atoms. The van der Waals surface area contributed by atoms with Crippen LogP contribution in [0.3, 0.4) is 0 Å². The lowest BCUT2D eigenvalue weighted by atomic mass is 10.1. The van der Waals surface area contributed by atoms with E-state index in [9.17, 15) is 36.8 Å². The Hall–Kier alpha value is -5.22. The minimum atomic E-state index is -4.42. The summed E-state index contributed by atoms with van der Waals surface area (Å²) in [4.78, 5) is 66.5. The van der Waals surface area contributed by atoms with Crippen LogP contribution in [0.2, 0.25) is 0 Å². The van der Waals surface area contributed by atoms with Crippen molar-refractivity contribution in [3.8, 4) is 5.75 Å². The van der Waals surface area contributed by atoms with E-state index >= 15 is 0 Å². The number of hydrogen-bond donors (Lipinski definition) is 3. The highest BCUT2D eigenvalue weighted by Gasteiger charge is 2.29. The second kappa shape index (κ2) is 15.5. The van der Waals surface area contributed by atoms with Crippen LogP contribution in [0.25, 0.3) is 0 Å². The largest absolute Gasteiger partial charge is 0.494 e. The van der Waals surface area contributed by atoms with Crippen LogP contribution >= 0.6 is 0 Å². The molecule has 3 aromatic rings. The van der Waals surface area contributed by atoms with E-state index < -0.39 is 58.4 Å². The number of amides is 4. The number of nitrogens with one attached hydrogen (secondary N) is 2. The lowest BCUT2D eigenvalue weighted by Gasteiger charge is -2.20. The Morgan fingerprint density at radius 2 is 1.64 bits per heavy atom. The topological polar surface area (TPSA) is 204 Å². The number of imide groups is 1. The molecule has 45 heavy (non-hydrogen) atoms. The number of methoxy groups -OCH3 is 1. The molecule has 0 saturated heterocycles. The van der Waals surface area contributed by atoms with Crippen molar-refractivity contribution >= 4 is 39.6 Å². The molecule has 4 N–H and O–H groups in total. The molecule has 4 amide bonds. The Labute approximate surface area is 257 Å². The maximum absolute atomic E-state index is 13.0. The van der Waals surface area contributed by atoms with Crippen LogP contribution < -0.4 is 20.5 Å². The van der Waals surface area contributed by atoms with Crippen molar-refractivity contribution in [1.82, 2.24) is 19.9 Å². The summed E-state index contributed by atoms with van der Waals surface area (Å²) in [6.45, 7) is 0.457. The maximum Gasteiger partial charge on any atom is 0.326 e. The Morgan fingerprint density at radius 1 is 0.978 bits per heavy atom. The predicted octanol–water partition coefficient (Wildman–Crippen LogP) is 0.811. The third-order valence-corrected chi connectivity index (χ3v) is 7.46. The minimum absolute atomic E-state index is 0.00544. The van der Waals surface area contributed by atoms with Crippen LogP contribution in [-0.2, 0) is 30.8 Å². The van der Waals surface area contributed by atoms with Gasteiger partial charge < -0.3 is 20.5 Å². The summed E-state index contributed by atoms with van der Waals surface area (Å²) >= 11 is 0. The van der Waals surface area contributed by atoms with Gasteiger partial charge in [-0.05, 0) is 61.4 Å². The van der Waals surface area contributed by atoms with Gasteiger partial charge in [-0.15, -0.1) is 0 Å². The minimum Gasteiger partial charge on any atom is -0.494 e. The molecule has 14 nitrogen and oxygen atoms in total. The van der Waals surface area contributed by atoms with Gasteiger partial charge in [0.2, 0.25) is 5.91 Å². The summed E-state index contributed by atoms with van der Waals surface area (Å²) in [5.41, 5.74) is 5.58. The lowest BCUT2D eigenvalue weighted by Crippen LogP contribution is -2.44. The first-order valence-corrected chi connectivity index (χ1v) is 14.8. The van der Waals surface area contributed by atoms with Crippen LogP contribution in [0.1, 0.15) is 43.7 Å². The van der Waals surface area contributed by atoms with E-state index in [1.807, 2.05) is 4.72 Å². The molecule has 0 atom stereocenters. The molecule has 0 fully saturated rings. The predicted molar refractivity (Wildman–Crippen MR) is 156 cm³/mol. The van der Waals surface area contributed by atoms with Crippen molar-refractivity contribution in [2.75, 3.05) is 33.4 Å². The Balaban J connectivity index is 1.69. The Morgan fingerprint density at radius 3 is 2.24 bits per heavy atom. The molecule has 0 aliphatic heterocycles. The van der Waals surface area contributed by atoms with E-state index in [4.69, 9.17) is 15.2 Å². The zero-order valence-corrected chi connectivity index (χ0v) is 25.1.